The Morgan fingerprint density at radius 1 is 1.11 bits per heavy atom. The van der Waals surface area contributed by atoms with E-state index in [1.807, 2.05) is 0 Å². The number of aromatic amines is 1. The van der Waals surface area contributed by atoms with Gasteiger partial charge in [0.05, 0.1) is 0 Å². The zero-order valence-corrected chi connectivity index (χ0v) is 17.6. The summed E-state index contributed by atoms with van der Waals surface area (Å²) in [6.45, 7) is 11.9. The van der Waals surface area contributed by atoms with Crippen LogP contribution in [0.2, 0.25) is 0 Å². The van der Waals surface area contributed by atoms with Crippen molar-refractivity contribution in [1.29, 1.82) is 0 Å². The van der Waals surface area contributed by atoms with Gasteiger partial charge in [0, 0.05) is 42.5 Å². The molecule has 3 heterocycles. The quantitative estimate of drug-likeness (QED) is 0.857. The van der Waals surface area contributed by atoms with Crippen LogP contribution in [0.25, 0.3) is 10.9 Å². The van der Waals surface area contributed by atoms with Gasteiger partial charge < -0.3 is 14.8 Å². The van der Waals surface area contributed by atoms with E-state index in [1.165, 1.54) is 61.8 Å². The van der Waals surface area contributed by atoms with Crippen molar-refractivity contribution in [2.75, 3.05) is 32.7 Å². The first kappa shape index (κ1) is 18.2. The van der Waals surface area contributed by atoms with Crippen molar-refractivity contribution in [3.8, 4) is 0 Å². The summed E-state index contributed by atoms with van der Waals surface area (Å²) in [5, 5.41) is 1.23. The van der Waals surface area contributed by atoms with Gasteiger partial charge in [-0.3, -0.25) is 4.79 Å². The van der Waals surface area contributed by atoms with Crippen LogP contribution in [0.4, 0.5) is 0 Å². The Morgan fingerprint density at radius 2 is 1.89 bits per heavy atom. The smallest absolute Gasteiger partial charge is 0.270 e. The van der Waals surface area contributed by atoms with E-state index in [9.17, 15) is 4.79 Å². The average Bonchev–Trinajstić information content (AvgIpc) is 3.28. The average molecular weight is 380 g/mol. The molecule has 2 aliphatic heterocycles. The molecule has 4 nitrogen and oxygen atoms in total. The number of H-pyrrole nitrogens is 1. The Kier molecular flexibility index (Phi) is 4.31. The molecule has 3 aliphatic rings. The lowest BCUT2D eigenvalue weighted by atomic mass is 9.79. The minimum absolute atomic E-state index is 0.198. The number of nitrogens with zero attached hydrogens (tertiary/aromatic N) is 2. The second-order valence-electron chi connectivity index (χ2n) is 9.83. The third-order valence-electron chi connectivity index (χ3n) is 7.52. The summed E-state index contributed by atoms with van der Waals surface area (Å²) in [6, 6.07) is 4.30. The Morgan fingerprint density at radius 3 is 2.64 bits per heavy atom. The van der Waals surface area contributed by atoms with E-state index in [0.29, 0.717) is 5.41 Å². The molecule has 2 aromatic rings. The number of rotatable bonds is 3. The summed E-state index contributed by atoms with van der Waals surface area (Å²) in [7, 11) is 0. The number of likely N-dealkylation sites (tertiary alicyclic amines) is 2. The van der Waals surface area contributed by atoms with Crippen LogP contribution in [0.1, 0.15) is 59.3 Å². The first-order chi connectivity index (χ1) is 13.5. The Balaban J connectivity index is 1.37. The third-order valence-corrected chi connectivity index (χ3v) is 7.52. The van der Waals surface area contributed by atoms with E-state index in [4.69, 9.17) is 0 Å². The Bertz CT molecular complexity index is 926. The molecule has 0 unspecified atom stereocenters. The van der Waals surface area contributed by atoms with Crippen molar-refractivity contribution in [2.45, 2.75) is 52.9 Å². The number of benzene rings is 1. The summed E-state index contributed by atoms with van der Waals surface area (Å²) in [5.74, 6) is 1.15. The lowest BCUT2D eigenvalue weighted by molar-refractivity contribution is 0.0677. The highest BCUT2D eigenvalue weighted by molar-refractivity contribution is 6.02. The number of aromatic nitrogens is 1. The van der Waals surface area contributed by atoms with Gasteiger partial charge in [-0.25, -0.2) is 0 Å². The van der Waals surface area contributed by atoms with Crippen molar-refractivity contribution in [3.63, 3.8) is 0 Å². The van der Waals surface area contributed by atoms with Gasteiger partial charge in [0.1, 0.15) is 5.69 Å². The van der Waals surface area contributed by atoms with E-state index >= 15 is 0 Å². The molecule has 1 aromatic heterocycles. The van der Waals surface area contributed by atoms with Gasteiger partial charge in [-0.05, 0) is 82.0 Å². The molecular weight excluding hydrogens is 346 g/mol. The van der Waals surface area contributed by atoms with Gasteiger partial charge >= 0.3 is 0 Å². The number of hydrogen-bond acceptors (Lipinski definition) is 2. The summed E-state index contributed by atoms with van der Waals surface area (Å²) < 4.78 is 0. The van der Waals surface area contributed by atoms with Crippen molar-refractivity contribution >= 4 is 16.8 Å². The van der Waals surface area contributed by atoms with Crippen molar-refractivity contribution in [1.82, 2.24) is 14.8 Å². The molecule has 1 aromatic carbocycles. The van der Waals surface area contributed by atoms with Crippen LogP contribution >= 0.6 is 0 Å². The van der Waals surface area contributed by atoms with Gasteiger partial charge in [0.15, 0.2) is 0 Å². The van der Waals surface area contributed by atoms with Crippen LogP contribution in [-0.2, 0) is 0 Å². The number of carbonyl (C=O) groups is 1. The maximum Gasteiger partial charge on any atom is 0.270 e. The topological polar surface area (TPSA) is 39.3 Å². The fourth-order valence-corrected chi connectivity index (χ4v) is 5.74. The largest absolute Gasteiger partial charge is 0.350 e. The van der Waals surface area contributed by atoms with E-state index in [-0.39, 0.29) is 5.91 Å². The minimum Gasteiger partial charge on any atom is -0.350 e. The summed E-state index contributed by atoms with van der Waals surface area (Å²) in [5.41, 5.74) is 5.83. The molecule has 2 saturated heterocycles. The summed E-state index contributed by atoms with van der Waals surface area (Å²) >= 11 is 0. The van der Waals surface area contributed by atoms with Gasteiger partial charge in [0.25, 0.3) is 5.91 Å². The SMILES string of the molecule is Cc1ccc(C)c2c(C)c(C(=O)N3CC[C@@]4(CCCN(CC5CC5)C4)C3)[nH]c12. The highest BCUT2D eigenvalue weighted by atomic mass is 16.2. The zero-order valence-electron chi connectivity index (χ0n) is 17.6. The molecule has 0 bridgehead atoms. The lowest BCUT2D eigenvalue weighted by Crippen LogP contribution is -2.46. The molecular formula is C24H33N3O. The van der Waals surface area contributed by atoms with Crippen molar-refractivity contribution in [3.05, 3.63) is 34.5 Å². The standard InChI is InChI=1S/C24H33N3O/c1-16-5-6-17(2)21-20(16)18(3)22(25-21)23(28)27-12-10-24(15-27)9-4-11-26(14-24)13-19-7-8-19/h5-6,19,25H,4,7-15H2,1-3H3/t24-/m1/s1. The number of aryl methyl sites for hydroxylation is 3. The molecule has 1 aliphatic carbocycles. The molecule has 0 radical (unpaired) electrons. The molecule has 5 rings (SSSR count). The molecule has 1 spiro atoms. The summed E-state index contributed by atoms with van der Waals surface area (Å²) in [6.07, 6.45) is 6.58. The molecule has 1 atom stereocenters. The minimum atomic E-state index is 0.198. The second kappa shape index (κ2) is 6.62. The molecule has 150 valence electrons. The molecule has 3 fully saturated rings. The Hall–Kier alpha value is -1.81. The molecule has 1 N–H and O–H groups in total. The predicted molar refractivity (Wildman–Crippen MR) is 114 cm³/mol. The van der Waals surface area contributed by atoms with Crippen LogP contribution in [0, 0.1) is 32.1 Å². The number of carbonyl (C=O) groups excluding carboxylic acids is 1. The van der Waals surface area contributed by atoms with Crippen LogP contribution in [0.3, 0.4) is 0 Å². The number of nitrogens with one attached hydrogen (secondary N) is 1. The van der Waals surface area contributed by atoms with Gasteiger partial charge in [-0.15, -0.1) is 0 Å². The summed E-state index contributed by atoms with van der Waals surface area (Å²) in [4.78, 5) is 21.7. The maximum absolute atomic E-state index is 13.4. The number of piperidine rings is 1. The van der Waals surface area contributed by atoms with Crippen molar-refractivity contribution in [2.24, 2.45) is 11.3 Å². The van der Waals surface area contributed by atoms with Crippen LogP contribution in [-0.4, -0.2) is 53.4 Å². The molecule has 1 amide bonds. The highest BCUT2D eigenvalue weighted by Crippen LogP contribution is 2.41. The van der Waals surface area contributed by atoms with E-state index < -0.39 is 0 Å². The lowest BCUT2D eigenvalue weighted by Gasteiger charge is -2.40. The fourth-order valence-electron chi connectivity index (χ4n) is 5.74. The monoisotopic (exact) mass is 379 g/mol. The second-order valence-corrected chi connectivity index (χ2v) is 9.83. The first-order valence-corrected chi connectivity index (χ1v) is 11.1. The maximum atomic E-state index is 13.4. The highest BCUT2D eigenvalue weighted by Gasteiger charge is 2.44. The molecule has 1 saturated carbocycles. The van der Waals surface area contributed by atoms with Crippen LogP contribution < -0.4 is 0 Å². The van der Waals surface area contributed by atoms with E-state index in [1.54, 1.807) is 0 Å². The van der Waals surface area contributed by atoms with E-state index in [2.05, 4.69) is 47.7 Å². The predicted octanol–water partition coefficient (Wildman–Crippen LogP) is 4.43. The van der Waals surface area contributed by atoms with Crippen LogP contribution in [0.5, 0.6) is 0 Å². The first-order valence-electron chi connectivity index (χ1n) is 11.1. The third kappa shape index (κ3) is 3.06. The zero-order chi connectivity index (χ0) is 19.5. The fraction of sp³-hybridized carbons (Fsp3) is 0.625. The normalized spacial score (nSPS) is 25.9. The number of fused-ring (bicyclic) bond motifs is 1. The van der Waals surface area contributed by atoms with E-state index in [0.717, 1.165) is 42.2 Å². The van der Waals surface area contributed by atoms with Gasteiger partial charge in [-0.2, -0.15) is 0 Å². The Labute approximate surface area is 168 Å². The number of hydrogen-bond donors (Lipinski definition) is 1. The van der Waals surface area contributed by atoms with Gasteiger partial charge in [0.2, 0.25) is 0 Å². The van der Waals surface area contributed by atoms with Crippen molar-refractivity contribution < 1.29 is 4.79 Å². The molecule has 4 heteroatoms. The molecule has 28 heavy (non-hydrogen) atoms. The number of amides is 1. The van der Waals surface area contributed by atoms with Gasteiger partial charge in [-0.1, -0.05) is 12.1 Å². The van der Waals surface area contributed by atoms with Crippen LogP contribution in [0.15, 0.2) is 12.1 Å².